The summed E-state index contributed by atoms with van der Waals surface area (Å²) in [6.45, 7) is -0.0619. The Labute approximate surface area is 82.0 Å². The van der Waals surface area contributed by atoms with Gasteiger partial charge in [-0.15, -0.1) is 0 Å². The molecule has 4 nitrogen and oxygen atoms in total. The second-order valence-electron chi connectivity index (χ2n) is 3.11. The normalized spacial score (nSPS) is 12.4. The van der Waals surface area contributed by atoms with E-state index in [4.69, 9.17) is 15.9 Å². The predicted octanol–water partition coefficient (Wildman–Crippen LogP) is 0.653. The lowest BCUT2D eigenvalue weighted by atomic mass is 10.0. The minimum Gasteiger partial charge on any atom is -0.481 e. The number of aliphatic hydroxyl groups excluding tert-OH is 1. The van der Waals surface area contributed by atoms with E-state index in [0.717, 1.165) is 11.1 Å². The summed E-state index contributed by atoms with van der Waals surface area (Å²) in [5.41, 5.74) is 7.13. The molecule has 1 aromatic carbocycles. The van der Waals surface area contributed by atoms with Crippen LogP contribution in [0.25, 0.3) is 0 Å². The lowest BCUT2D eigenvalue weighted by Crippen LogP contribution is -2.15. The van der Waals surface area contributed by atoms with Gasteiger partial charge in [0.25, 0.3) is 0 Å². The van der Waals surface area contributed by atoms with Gasteiger partial charge in [-0.25, -0.2) is 0 Å². The zero-order valence-corrected chi connectivity index (χ0v) is 7.68. The number of hydrogen-bond donors (Lipinski definition) is 3. The summed E-state index contributed by atoms with van der Waals surface area (Å²) in [6.07, 6.45) is -0.102. The van der Waals surface area contributed by atoms with E-state index in [1.807, 2.05) is 0 Å². The van der Waals surface area contributed by atoms with Crippen molar-refractivity contribution in [2.24, 2.45) is 5.73 Å². The number of nitrogens with two attached hydrogens (primary N) is 1. The Morgan fingerprint density at radius 3 is 2.79 bits per heavy atom. The molecule has 0 spiro atoms. The molecule has 1 aromatic rings. The highest BCUT2D eigenvalue weighted by Gasteiger charge is 2.10. The van der Waals surface area contributed by atoms with Gasteiger partial charge < -0.3 is 15.9 Å². The van der Waals surface area contributed by atoms with Gasteiger partial charge in [-0.1, -0.05) is 24.3 Å². The number of aliphatic hydroxyl groups is 1. The van der Waals surface area contributed by atoms with E-state index < -0.39 is 12.0 Å². The molecule has 0 bridgehead atoms. The number of carboxylic acid groups (broad SMARTS) is 1. The zero-order chi connectivity index (χ0) is 10.6. The highest BCUT2D eigenvalue weighted by atomic mass is 16.4. The number of carbonyl (C=O) groups is 1. The first-order valence-electron chi connectivity index (χ1n) is 4.30. The molecule has 0 saturated carbocycles. The van der Waals surface area contributed by atoms with Crippen molar-refractivity contribution < 1.29 is 15.0 Å². The molecule has 0 fully saturated rings. The number of aliphatic carboxylic acids is 1. The molecule has 4 N–H and O–H groups in total. The summed E-state index contributed by atoms with van der Waals surface area (Å²) < 4.78 is 0. The second kappa shape index (κ2) is 4.74. The fraction of sp³-hybridized carbons (Fsp3) is 0.300. The van der Waals surface area contributed by atoms with Crippen molar-refractivity contribution in [2.75, 3.05) is 0 Å². The minimum absolute atomic E-state index is 0.0619. The van der Waals surface area contributed by atoms with Crippen molar-refractivity contribution in [3.63, 3.8) is 0 Å². The molecule has 14 heavy (non-hydrogen) atoms. The van der Waals surface area contributed by atoms with Crippen molar-refractivity contribution in [1.29, 1.82) is 0 Å². The van der Waals surface area contributed by atoms with Crippen LogP contribution in [0.15, 0.2) is 24.3 Å². The average molecular weight is 195 g/mol. The van der Waals surface area contributed by atoms with E-state index in [1.165, 1.54) is 0 Å². The minimum atomic E-state index is -0.924. The maximum absolute atomic E-state index is 10.4. The van der Waals surface area contributed by atoms with Crippen LogP contribution in [0, 0.1) is 0 Å². The molecule has 0 aliphatic carbocycles. The van der Waals surface area contributed by atoms with Gasteiger partial charge in [0, 0.05) is 6.04 Å². The van der Waals surface area contributed by atoms with Crippen LogP contribution in [0.1, 0.15) is 23.6 Å². The largest absolute Gasteiger partial charge is 0.481 e. The van der Waals surface area contributed by atoms with Crippen molar-refractivity contribution in [3.05, 3.63) is 35.4 Å². The molecule has 0 aliphatic heterocycles. The van der Waals surface area contributed by atoms with Crippen LogP contribution in [0.2, 0.25) is 0 Å². The summed E-state index contributed by atoms with van der Waals surface area (Å²) in [5.74, 6) is -0.924. The molecule has 76 valence electrons. The second-order valence-corrected chi connectivity index (χ2v) is 3.11. The van der Waals surface area contributed by atoms with Crippen LogP contribution in [0.3, 0.4) is 0 Å². The molecule has 0 aliphatic rings. The van der Waals surface area contributed by atoms with Gasteiger partial charge in [0.15, 0.2) is 0 Å². The van der Waals surface area contributed by atoms with Crippen molar-refractivity contribution >= 4 is 5.97 Å². The maximum Gasteiger partial charge on any atom is 0.305 e. The van der Waals surface area contributed by atoms with Crippen LogP contribution in [-0.4, -0.2) is 16.2 Å². The number of rotatable bonds is 4. The topological polar surface area (TPSA) is 83.6 Å². The summed E-state index contributed by atoms with van der Waals surface area (Å²) in [4.78, 5) is 10.4. The predicted molar refractivity (Wildman–Crippen MR) is 51.5 cm³/mol. The summed E-state index contributed by atoms with van der Waals surface area (Å²) in [5, 5.41) is 17.4. The van der Waals surface area contributed by atoms with Crippen LogP contribution < -0.4 is 5.73 Å². The Balaban J connectivity index is 2.78. The Morgan fingerprint density at radius 2 is 2.21 bits per heavy atom. The standard InChI is InChI=1S/C10H13NO3/c11-9(5-10(13)14)8-3-1-2-7(4-8)6-12/h1-4,9,12H,5-6,11H2,(H,13,14)/t9-/m1/s1. The van der Waals surface area contributed by atoms with Crippen LogP contribution in [0.4, 0.5) is 0 Å². The first-order chi connectivity index (χ1) is 6.63. The number of benzene rings is 1. The molecule has 1 atom stereocenters. The average Bonchev–Trinajstić information content (AvgIpc) is 2.17. The van der Waals surface area contributed by atoms with E-state index in [9.17, 15) is 4.79 Å². The Bertz CT molecular complexity index is 325. The molecular formula is C10H13NO3. The van der Waals surface area contributed by atoms with Crippen molar-refractivity contribution in [1.82, 2.24) is 0 Å². The third-order valence-corrected chi connectivity index (χ3v) is 1.96. The Morgan fingerprint density at radius 1 is 1.50 bits per heavy atom. The van der Waals surface area contributed by atoms with Crippen LogP contribution in [-0.2, 0) is 11.4 Å². The smallest absolute Gasteiger partial charge is 0.305 e. The Hall–Kier alpha value is -1.39. The van der Waals surface area contributed by atoms with Crippen molar-refractivity contribution in [3.8, 4) is 0 Å². The zero-order valence-electron chi connectivity index (χ0n) is 7.68. The molecule has 0 radical (unpaired) electrons. The molecule has 0 saturated heterocycles. The highest BCUT2D eigenvalue weighted by Crippen LogP contribution is 2.15. The van der Waals surface area contributed by atoms with Gasteiger partial charge in [-0.3, -0.25) is 4.79 Å². The fourth-order valence-corrected chi connectivity index (χ4v) is 1.23. The van der Waals surface area contributed by atoms with E-state index in [0.29, 0.717) is 0 Å². The van der Waals surface area contributed by atoms with Gasteiger partial charge in [0.05, 0.1) is 13.0 Å². The summed E-state index contributed by atoms with van der Waals surface area (Å²) in [7, 11) is 0. The van der Waals surface area contributed by atoms with E-state index in [1.54, 1.807) is 24.3 Å². The molecule has 0 unspecified atom stereocenters. The summed E-state index contributed by atoms with van der Waals surface area (Å²) >= 11 is 0. The molecule has 0 amide bonds. The third-order valence-electron chi connectivity index (χ3n) is 1.96. The van der Waals surface area contributed by atoms with Gasteiger partial charge in [0.1, 0.15) is 0 Å². The molecule has 4 heteroatoms. The summed E-state index contributed by atoms with van der Waals surface area (Å²) in [6, 6.07) is 6.47. The fourth-order valence-electron chi connectivity index (χ4n) is 1.23. The lowest BCUT2D eigenvalue weighted by molar-refractivity contribution is -0.137. The van der Waals surface area contributed by atoms with E-state index in [2.05, 4.69) is 0 Å². The molecular weight excluding hydrogens is 182 g/mol. The van der Waals surface area contributed by atoms with Gasteiger partial charge in [0.2, 0.25) is 0 Å². The van der Waals surface area contributed by atoms with Crippen LogP contribution in [0.5, 0.6) is 0 Å². The van der Waals surface area contributed by atoms with E-state index >= 15 is 0 Å². The van der Waals surface area contributed by atoms with E-state index in [-0.39, 0.29) is 13.0 Å². The number of carboxylic acids is 1. The van der Waals surface area contributed by atoms with Crippen molar-refractivity contribution in [2.45, 2.75) is 19.1 Å². The lowest BCUT2D eigenvalue weighted by Gasteiger charge is -2.09. The first-order valence-corrected chi connectivity index (χ1v) is 4.30. The van der Waals surface area contributed by atoms with Gasteiger partial charge >= 0.3 is 5.97 Å². The number of hydrogen-bond acceptors (Lipinski definition) is 3. The van der Waals surface area contributed by atoms with Gasteiger partial charge in [-0.05, 0) is 11.1 Å². The molecule has 0 heterocycles. The Kier molecular flexibility index (Phi) is 3.62. The maximum atomic E-state index is 10.4. The van der Waals surface area contributed by atoms with Crippen LogP contribution >= 0.6 is 0 Å². The monoisotopic (exact) mass is 195 g/mol. The highest BCUT2D eigenvalue weighted by molar-refractivity contribution is 5.67. The van der Waals surface area contributed by atoms with Gasteiger partial charge in [-0.2, -0.15) is 0 Å². The molecule has 1 rings (SSSR count). The SMILES string of the molecule is N[C@H](CC(=O)O)c1cccc(CO)c1. The molecule has 0 aromatic heterocycles. The third kappa shape index (κ3) is 2.83. The quantitative estimate of drug-likeness (QED) is 0.658. The first kappa shape index (κ1) is 10.7.